The quantitative estimate of drug-likeness (QED) is 0.176. The van der Waals surface area contributed by atoms with Crippen LogP contribution in [0.1, 0.15) is 25.0 Å². The summed E-state index contributed by atoms with van der Waals surface area (Å²) in [7, 11) is 0. The van der Waals surface area contributed by atoms with Gasteiger partial charge in [0.15, 0.2) is 0 Å². The number of nitrogens with zero attached hydrogens (tertiary/aromatic N) is 2. The minimum absolute atomic E-state index is 0.0812. The van der Waals surface area contributed by atoms with Crippen molar-refractivity contribution in [3.63, 3.8) is 0 Å². The van der Waals surface area contributed by atoms with Gasteiger partial charge in [0.05, 0.1) is 27.8 Å². The number of hydrogen-bond acceptors (Lipinski definition) is 0. The predicted molar refractivity (Wildman–Crippen MR) is 224 cm³/mol. The molecule has 0 amide bonds. The van der Waals surface area contributed by atoms with Crippen molar-refractivity contribution in [1.82, 2.24) is 9.13 Å². The Bertz CT molecular complexity index is 3050. The molecule has 0 radical (unpaired) electrons. The Morgan fingerprint density at radius 1 is 0.377 bits per heavy atom. The summed E-state index contributed by atoms with van der Waals surface area (Å²) in [6, 6.07) is 66.9. The molecule has 1 aliphatic rings. The third-order valence-electron chi connectivity index (χ3n) is 11.7. The van der Waals surface area contributed by atoms with E-state index in [9.17, 15) is 0 Å². The summed E-state index contributed by atoms with van der Waals surface area (Å²) in [5.74, 6) is 0. The van der Waals surface area contributed by atoms with Gasteiger partial charge in [0.2, 0.25) is 0 Å². The maximum atomic E-state index is 2.56. The summed E-state index contributed by atoms with van der Waals surface area (Å²) in [6.07, 6.45) is 0. The van der Waals surface area contributed by atoms with Crippen LogP contribution >= 0.6 is 0 Å². The summed E-state index contributed by atoms with van der Waals surface area (Å²) in [4.78, 5) is 0. The smallest absolute Gasteiger partial charge is 0.0641 e. The lowest BCUT2D eigenvalue weighted by atomic mass is 9.82. The second-order valence-electron chi connectivity index (χ2n) is 14.9. The molecule has 0 N–H and O–H groups in total. The Morgan fingerprint density at radius 3 is 1.68 bits per heavy atom. The zero-order valence-corrected chi connectivity index (χ0v) is 29.7. The molecule has 2 heteroatoms. The van der Waals surface area contributed by atoms with E-state index in [4.69, 9.17) is 0 Å². The molecule has 2 aromatic heterocycles. The van der Waals surface area contributed by atoms with E-state index in [1.54, 1.807) is 0 Å². The monoisotopic (exact) mass is 676 g/mol. The van der Waals surface area contributed by atoms with Gasteiger partial charge in [-0.2, -0.15) is 0 Å². The van der Waals surface area contributed by atoms with Gasteiger partial charge >= 0.3 is 0 Å². The van der Waals surface area contributed by atoms with Gasteiger partial charge in [-0.15, -0.1) is 0 Å². The average Bonchev–Trinajstić information content (AvgIpc) is 3.82. The van der Waals surface area contributed by atoms with E-state index < -0.39 is 0 Å². The molecule has 1 aliphatic carbocycles. The van der Waals surface area contributed by atoms with Crippen LogP contribution in [-0.2, 0) is 5.41 Å². The van der Waals surface area contributed by atoms with Crippen molar-refractivity contribution < 1.29 is 0 Å². The first kappa shape index (κ1) is 30.0. The molecular formula is C51H36N2. The Kier molecular flexibility index (Phi) is 6.33. The summed E-state index contributed by atoms with van der Waals surface area (Å²) in [5, 5.41) is 5.07. The van der Waals surface area contributed by atoms with Gasteiger partial charge in [0, 0.05) is 38.2 Å². The van der Waals surface area contributed by atoms with E-state index in [2.05, 4.69) is 205 Å². The Labute approximate surface area is 308 Å². The van der Waals surface area contributed by atoms with Crippen LogP contribution in [0.2, 0.25) is 0 Å². The molecule has 2 nitrogen and oxygen atoms in total. The first-order valence-corrected chi connectivity index (χ1v) is 18.5. The molecule has 0 spiro atoms. The largest absolute Gasteiger partial charge is 0.309 e. The fourth-order valence-electron chi connectivity index (χ4n) is 9.25. The van der Waals surface area contributed by atoms with Crippen LogP contribution in [0.3, 0.4) is 0 Å². The van der Waals surface area contributed by atoms with Gasteiger partial charge in [-0.25, -0.2) is 0 Å². The Hall–Kier alpha value is -6.64. The number of rotatable bonds is 4. The highest BCUT2D eigenvalue weighted by Crippen LogP contribution is 2.52. The van der Waals surface area contributed by atoms with Gasteiger partial charge in [0.1, 0.15) is 0 Å². The summed E-state index contributed by atoms with van der Waals surface area (Å²) in [6.45, 7) is 4.73. The molecule has 0 saturated carbocycles. The van der Waals surface area contributed by atoms with Crippen LogP contribution in [-0.4, -0.2) is 9.13 Å². The average molecular weight is 677 g/mol. The van der Waals surface area contributed by atoms with Gasteiger partial charge in [-0.05, 0) is 75.3 Å². The molecule has 53 heavy (non-hydrogen) atoms. The maximum absolute atomic E-state index is 2.56. The van der Waals surface area contributed by atoms with E-state index in [-0.39, 0.29) is 5.41 Å². The topological polar surface area (TPSA) is 9.86 Å². The molecule has 250 valence electrons. The van der Waals surface area contributed by atoms with Crippen LogP contribution in [0.15, 0.2) is 182 Å². The van der Waals surface area contributed by atoms with Crippen LogP contribution in [0.25, 0.3) is 88.4 Å². The summed E-state index contributed by atoms with van der Waals surface area (Å²) in [5.41, 5.74) is 17.5. The minimum atomic E-state index is -0.0812. The number of fused-ring (bicyclic) bond motifs is 10. The van der Waals surface area contributed by atoms with Crippen molar-refractivity contribution in [2.45, 2.75) is 19.3 Å². The van der Waals surface area contributed by atoms with E-state index in [0.717, 1.165) is 5.69 Å². The fraction of sp³-hybridized carbons (Fsp3) is 0.0588. The van der Waals surface area contributed by atoms with E-state index in [1.807, 2.05) is 0 Å². The molecule has 11 rings (SSSR count). The van der Waals surface area contributed by atoms with Crippen LogP contribution < -0.4 is 0 Å². The molecule has 8 aromatic carbocycles. The second kappa shape index (κ2) is 11.2. The lowest BCUT2D eigenvalue weighted by Crippen LogP contribution is -2.15. The molecule has 0 unspecified atom stereocenters. The zero-order chi connectivity index (χ0) is 35.3. The lowest BCUT2D eigenvalue weighted by molar-refractivity contribution is 0.660. The highest BCUT2D eigenvalue weighted by atomic mass is 15.0. The van der Waals surface area contributed by atoms with E-state index in [1.165, 1.54) is 93.8 Å². The minimum Gasteiger partial charge on any atom is -0.309 e. The number of para-hydroxylation sites is 2. The molecule has 10 aromatic rings. The van der Waals surface area contributed by atoms with Crippen molar-refractivity contribution in [2.75, 3.05) is 0 Å². The van der Waals surface area contributed by atoms with Gasteiger partial charge in [0.25, 0.3) is 0 Å². The highest BCUT2D eigenvalue weighted by molar-refractivity contribution is 6.26. The first-order chi connectivity index (χ1) is 26.1. The van der Waals surface area contributed by atoms with Crippen molar-refractivity contribution in [3.8, 4) is 44.8 Å². The third-order valence-corrected chi connectivity index (χ3v) is 11.7. The van der Waals surface area contributed by atoms with E-state index >= 15 is 0 Å². The number of benzene rings is 8. The van der Waals surface area contributed by atoms with Crippen molar-refractivity contribution in [3.05, 3.63) is 193 Å². The molecule has 0 atom stereocenters. The molecule has 0 bridgehead atoms. The number of hydrogen-bond donors (Lipinski definition) is 0. The van der Waals surface area contributed by atoms with Gasteiger partial charge in [-0.1, -0.05) is 159 Å². The Balaban J connectivity index is 1.14. The summed E-state index contributed by atoms with van der Waals surface area (Å²) < 4.78 is 5.01. The van der Waals surface area contributed by atoms with Crippen molar-refractivity contribution in [2.24, 2.45) is 0 Å². The normalized spacial score (nSPS) is 13.2. The summed E-state index contributed by atoms with van der Waals surface area (Å²) >= 11 is 0. The molecule has 0 fully saturated rings. The SMILES string of the molecule is CC1(C)c2ccccc2-c2c(-n3c4ccccc4c4ccc5c(c6ccccc6n5-c5ccc(-c6ccc(-c7ccccc7)cc6)cc5)c43)cccc21. The number of aromatic nitrogens is 2. The van der Waals surface area contributed by atoms with E-state index in [0.29, 0.717) is 0 Å². The Morgan fingerprint density at radius 2 is 0.943 bits per heavy atom. The fourth-order valence-corrected chi connectivity index (χ4v) is 9.25. The molecular weight excluding hydrogens is 641 g/mol. The molecule has 2 heterocycles. The highest BCUT2D eigenvalue weighted by Gasteiger charge is 2.37. The van der Waals surface area contributed by atoms with Crippen LogP contribution in [0.5, 0.6) is 0 Å². The van der Waals surface area contributed by atoms with Gasteiger partial charge < -0.3 is 9.13 Å². The van der Waals surface area contributed by atoms with Crippen molar-refractivity contribution in [1.29, 1.82) is 0 Å². The zero-order valence-electron chi connectivity index (χ0n) is 29.7. The van der Waals surface area contributed by atoms with Gasteiger partial charge in [-0.3, -0.25) is 0 Å². The lowest BCUT2D eigenvalue weighted by Gasteiger charge is -2.22. The van der Waals surface area contributed by atoms with Crippen LogP contribution in [0.4, 0.5) is 0 Å². The predicted octanol–water partition coefficient (Wildman–Crippen LogP) is 13.5. The third kappa shape index (κ3) is 4.27. The second-order valence-corrected chi connectivity index (χ2v) is 14.9. The molecule has 0 aliphatic heterocycles. The molecule has 0 saturated heterocycles. The van der Waals surface area contributed by atoms with Crippen LogP contribution in [0, 0.1) is 0 Å². The van der Waals surface area contributed by atoms with Crippen molar-refractivity contribution >= 4 is 43.6 Å². The maximum Gasteiger partial charge on any atom is 0.0641 e. The standard InChI is InChI=1S/C51H36N2/c1-51(2)42-18-9-6-16-40(42)48-43(51)19-12-22-46(48)53-44-20-10-7-15-38(44)39-31-32-47-49(50(39)53)41-17-8-11-21-45(41)52(47)37-29-27-36(28-30-37)35-25-23-34(24-26-35)33-13-4-3-5-14-33/h3-32H,1-2H3. The first-order valence-electron chi connectivity index (χ1n) is 18.5.